The molecule has 2 aromatic heterocycles. The van der Waals surface area contributed by atoms with Crippen LogP contribution in [0, 0.1) is 0 Å². The summed E-state index contributed by atoms with van der Waals surface area (Å²) in [6, 6.07) is 5.24. The molecule has 0 aliphatic carbocycles. The van der Waals surface area contributed by atoms with E-state index in [1.54, 1.807) is 48.7 Å². The van der Waals surface area contributed by atoms with Crippen LogP contribution in [-0.2, 0) is 0 Å². The van der Waals surface area contributed by atoms with Crippen molar-refractivity contribution in [3.8, 4) is 22.8 Å². The maximum absolute atomic E-state index is 10.1. The van der Waals surface area contributed by atoms with E-state index in [-0.39, 0.29) is 5.75 Å². The van der Waals surface area contributed by atoms with Crippen molar-refractivity contribution in [3.05, 3.63) is 43.1 Å². The van der Waals surface area contributed by atoms with Gasteiger partial charge < -0.3 is 15.0 Å². The average molecular weight is 268 g/mol. The lowest BCUT2D eigenvalue weighted by Crippen LogP contribution is -1.98. The molecule has 20 heavy (non-hydrogen) atoms. The molecule has 0 bridgehead atoms. The third-order valence-corrected chi connectivity index (χ3v) is 2.84. The molecule has 0 saturated carbocycles. The van der Waals surface area contributed by atoms with Gasteiger partial charge in [-0.05, 0) is 12.1 Å². The van der Waals surface area contributed by atoms with Crippen LogP contribution >= 0.6 is 0 Å². The summed E-state index contributed by atoms with van der Waals surface area (Å²) in [5, 5.41) is 20.9. The van der Waals surface area contributed by atoms with Crippen LogP contribution in [-0.4, -0.2) is 36.9 Å². The second-order valence-electron chi connectivity index (χ2n) is 4.09. The number of hydrogen-bond acceptors (Lipinski definition) is 6. The topological polar surface area (TPSA) is 88.8 Å². The Morgan fingerprint density at radius 1 is 1.25 bits per heavy atom. The number of hydrogen-bond donors (Lipinski definition) is 2. The first-order valence-electron chi connectivity index (χ1n) is 5.97. The summed E-state index contributed by atoms with van der Waals surface area (Å²) in [5.74, 6) is 1.04. The summed E-state index contributed by atoms with van der Waals surface area (Å²) in [6.07, 6.45) is 6.70. The second-order valence-corrected chi connectivity index (χ2v) is 4.09. The standard InChI is InChI=1S/C13H12N6O/c1-14-12-7-16-13(18-17-12)10-3-2-9(6-11(10)20)19-5-4-15-8-19/h2-8,20H,1H3,(H,14,17). The normalized spacial score (nSPS) is 10.4. The smallest absolute Gasteiger partial charge is 0.185 e. The Bertz CT molecular complexity index is 708. The lowest BCUT2D eigenvalue weighted by atomic mass is 10.1. The average Bonchev–Trinajstić information content (AvgIpc) is 3.01. The fraction of sp³-hybridized carbons (Fsp3) is 0.0769. The summed E-state index contributed by atoms with van der Waals surface area (Å²) in [5.41, 5.74) is 1.34. The quantitative estimate of drug-likeness (QED) is 0.747. The molecule has 0 atom stereocenters. The van der Waals surface area contributed by atoms with E-state index in [1.165, 1.54) is 0 Å². The summed E-state index contributed by atoms with van der Waals surface area (Å²) in [6.45, 7) is 0. The van der Waals surface area contributed by atoms with E-state index in [0.29, 0.717) is 17.2 Å². The number of nitrogens with zero attached hydrogens (tertiary/aromatic N) is 5. The molecule has 0 unspecified atom stereocenters. The van der Waals surface area contributed by atoms with E-state index in [0.717, 1.165) is 5.69 Å². The molecule has 3 aromatic rings. The number of benzene rings is 1. The minimum atomic E-state index is 0.0928. The molecule has 100 valence electrons. The number of anilines is 1. The number of aromatic nitrogens is 5. The highest BCUT2D eigenvalue weighted by Crippen LogP contribution is 2.28. The van der Waals surface area contributed by atoms with E-state index >= 15 is 0 Å². The second kappa shape index (κ2) is 4.96. The zero-order valence-corrected chi connectivity index (χ0v) is 10.7. The van der Waals surface area contributed by atoms with Gasteiger partial charge in [0.15, 0.2) is 11.6 Å². The number of phenolic OH excluding ortho intramolecular Hbond substituents is 1. The molecule has 0 amide bonds. The van der Waals surface area contributed by atoms with E-state index in [9.17, 15) is 5.11 Å². The van der Waals surface area contributed by atoms with Crippen LogP contribution in [0.4, 0.5) is 5.82 Å². The number of phenols is 1. The lowest BCUT2D eigenvalue weighted by Gasteiger charge is -2.07. The highest BCUT2D eigenvalue weighted by atomic mass is 16.3. The van der Waals surface area contributed by atoms with Gasteiger partial charge in [0.05, 0.1) is 23.8 Å². The summed E-state index contributed by atoms with van der Waals surface area (Å²) in [7, 11) is 1.74. The van der Waals surface area contributed by atoms with Gasteiger partial charge in [-0.1, -0.05) is 0 Å². The van der Waals surface area contributed by atoms with Crippen molar-refractivity contribution >= 4 is 5.82 Å². The maximum Gasteiger partial charge on any atom is 0.185 e. The molecule has 0 saturated heterocycles. The van der Waals surface area contributed by atoms with Crippen LogP contribution in [0.1, 0.15) is 0 Å². The molecule has 3 rings (SSSR count). The van der Waals surface area contributed by atoms with Crippen molar-refractivity contribution in [1.82, 2.24) is 24.7 Å². The van der Waals surface area contributed by atoms with Gasteiger partial charge in [0.25, 0.3) is 0 Å². The van der Waals surface area contributed by atoms with E-state index in [4.69, 9.17) is 0 Å². The van der Waals surface area contributed by atoms with E-state index in [1.807, 2.05) is 6.07 Å². The molecule has 0 radical (unpaired) electrons. The summed E-state index contributed by atoms with van der Waals surface area (Å²) >= 11 is 0. The minimum Gasteiger partial charge on any atom is -0.507 e. The zero-order valence-electron chi connectivity index (χ0n) is 10.7. The Morgan fingerprint density at radius 3 is 2.75 bits per heavy atom. The molecule has 7 nitrogen and oxygen atoms in total. The van der Waals surface area contributed by atoms with Gasteiger partial charge in [-0.25, -0.2) is 9.97 Å². The predicted octanol–water partition coefficient (Wildman–Crippen LogP) is 1.47. The van der Waals surface area contributed by atoms with Crippen molar-refractivity contribution in [1.29, 1.82) is 0 Å². The Morgan fingerprint density at radius 2 is 2.15 bits per heavy atom. The number of rotatable bonds is 3. The monoisotopic (exact) mass is 268 g/mol. The molecular formula is C13H12N6O. The predicted molar refractivity (Wildman–Crippen MR) is 73.6 cm³/mol. The molecule has 0 spiro atoms. The third-order valence-electron chi connectivity index (χ3n) is 2.84. The first-order chi connectivity index (χ1) is 9.78. The zero-order chi connectivity index (χ0) is 13.9. The van der Waals surface area contributed by atoms with Gasteiger partial charge in [0.2, 0.25) is 0 Å². The van der Waals surface area contributed by atoms with Gasteiger partial charge in [0.1, 0.15) is 5.75 Å². The molecule has 0 fully saturated rings. The van der Waals surface area contributed by atoms with Gasteiger partial charge >= 0.3 is 0 Å². The highest BCUT2D eigenvalue weighted by molar-refractivity contribution is 5.65. The third kappa shape index (κ3) is 2.16. The summed E-state index contributed by atoms with van der Waals surface area (Å²) < 4.78 is 1.80. The van der Waals surface area contributed by atoms with E-state index in [2.05, 4.69) is 25.5 Å². The lowest BCUT2D eigenvalue weighted by molar-refractivity contribution is 0.476. The van der Waals surface area contributed by atoms with Gasteiger partial charge in [-0.3, -0.25) is 0 Å². The first kappa shape index (κ1) is 12.1. The Kier molecular flexibility index (Phi) is 3.00. The molecule has 7 heteroatoms. The van der Waals surface area contributed by atoms with Crippen molar-refractivity contribution in [3.63, 3.8) is 0 Å². The fourth-order valence-electron chi connectivity index (χ4n) is 1.79. The van der Waals surface area contributed by atoms with E-state index < -0.39 is 0 Å². The molecule has 2 N–H and O–H groups in total. The largest absolute Gasteiger partial charge is 0.507 e. The van der Waals surface area contributed by atoms with Gasteiger partial charge in [-0.15, -0.1) is 10.2 Å². The van der Waals surface area contributed by atoms with Crippen LogP contribution in [0.5, 0.6) is 5.75 Å². The van der Waals surface area contributed by atoms with Crippen LogP contribution < -0.4 is 5.32 Å². The van der Waals surface area contributed by atoms with Gasteiger partial charge in [-0.2, -0.15) is 0 Å². The Balaban J connectivity index is 1.98. The first-order valence-corrected chi connectivity index (χ1v) is 5.97. The summed E-state index contributed by atoms with van der Waals surface area (Å²) in [4.78, 5) is 8.13. The molecule has 0 aliphatic heterocycles. The Labute approximate surface area is 115 Å². The van der Waals surface area contributed by atoms with Crippen LogP contribution in [0.25, 0.3) is 17.1 Å². The van der Waals surface area contributed by atoms with Gasteiger partial charge in [0, 0.05) is 25.5 Å². The van der Waals surface area contributed by atoms with Crippen LogP contribution in [0.15, 0.2) is 43.1 Å². The molecule has 2 heterocycles. The SMILES string of the molecule is CNc1cnc(-c2ccc(-n3ccnc3)cc2O)nn1. The van der Waals surface area contributed by atoms with Crippen molar-refractivity contribution in [2.75, 3.05) is 12.4 Å². The van der Waals surface area contributed by atoms with Crippen molar-refractivity contribution < 1.29 is 5.11 Å². The number of aromatic hydroxyl groups is 1. The molecule has 1 aromatic carbocycles. The fourth-order valence-corrected chi connectivity index (χ4v) is 1.79. The molecular weight excluding hydrogens is 256 g/mol. The van der Waals surface area contributed by atoms with Crippen LogP contribution in [0.3, 0.4) is 0 Å². The van der Waals surface area contributed by atoms with Crippen LogP contribution in [0.2, 0.25) is 0 Å². The van der Waals surface area contributed by atoms with Crippen molar-refractivity contribution in [2.24, 2.45) is 0 Å². The Hall–Kier alpha value is -2.96. The highest BCUT2D eigenvalue weighted by Gasteiger charge is 2.09. The molecule has 0 aliphatic rings. The number of nitrogens with one attached hydrogen (secondary N) is 1. The number of imidazole rings is 1. The minimum absolute atomic E-state index is 0.0928. The maximum atomic E-state index is 10.1. The van der Waals surface area contributed by atoms with Crippen molar-refractivity contribution in [2.45, 2.75) is 0 Å².